The van der Waals surface area contributed by atoms with Gasteiger partial charge in [0.05, 0.1) is 18.2 Å². The van der Waals surface area contributed by atoms with E-state index in [-0.39, 0.29) is 6.54 Å². The Balaban J connectivity index is 2.09. The molecule has 0 aliphatic rings. The van der Waals surface area contributed by atoms with Crippen LogP contribution < -0.4 is 15.8 Å². The molecule has 0 aromatic heterocycles. The van der Waals surface area contributed by atoms with E-state index in [1.807, 2.05) is 6.07 Å². The van der Waals surface area contributed by atoms with E-state index in [0.29, 0.717) is 22.6 Å². The maximum atomic E-state index is 11.8. The molecule has 2 aromatic carbocycles. The highest BCUT2D eigenvalue weighted by Gasteiger charge is 2.08. The van der Waals surface area contributed by atoms with E-state index in [9.17, 15) is 9.59 Å². The molecule has 0 atom stereocenters. The monoisotopic (exact) mass is 295 g/mol. The van der Waals surface area contributed by atoms with Crippen LogP contribution >= 0.6 is 0 Å². The second-order valence-electron chi connectivity index (χ2n) is 4.42. The Labute approximate surface area is 127 Å². The van der Waals surface area contributed by atoms with Gasteiger partial charge in [-0.3, -0.25) is 9.59 Å². The summed E-state index contributed by atoms with van der Waals surface area (Å²) in [6.07, 6.45) is 0. The van der Waals surface area contributed by atoms with Gasteiger partial charge in [-0.2, -0.15) is 5.26 Å². The highest BCUT2D eigenvalue weighted by atomic mass is 16.5. The number of hydrogen-bond donors (Lipinski definition) is 2. The van der Waals surface area contributed by atoms with Crippen molar-refractivity contribution in [3.63, 3.8) is 0 Å². The number of carbonyl (C=O) groups excluding carboxylic acids is 2. The average Bonchev–Trinajstić information content (AvgIpc) is 2.53. The van der Waals surface area contributed by atoms with Crippen LogP contribution in [-0.2, 0) is 4.79 Å². The lowest BCUT2D eigenvalue weighted by Crippen LogP contribution is -2.33. The van der Waals surface area contributed by atoms with Gasteiger partial charge in [0, 0.05) is 5.56 Å². The van der Waals surface area contributed by atoms with Crippen molar-refractivity contribution in [1.29, 1.82) is 5.26 Å². The van der Waals surface area contributed by atoms with E-state index in [2.05, 4.69) is 5.32 Å². The van der Waals surface area contributed by atoms with Crippen molar-refractivity contribution < 1.29 is 14.3 Å². The number of benzene rings is 2. The zero-order valence-corrected chi connectivity index (χ0v) is 11.6. The molecule has 0 fully saturated rings. The molecular weight excluding hydrogens is 282 g/mol. The molecule has 2 amide bonds. The van der Waals surface area contributed by atoms with Crippen LogP contribution in [0.15, 0.2) is 48.5 Å². The lowest BCUT2D eigenvalue weighted by Gasteiger charge is -2.08. The highest BCUT2D eigenvalue weighted by molar-refractivity contribution is 5.96. The SMILES string of the molecule is N#Cc1ccc(Oc2cccc(C(=O)NCC(N)=O)c2)cc1. The maximum Gasteiger partial charge on any atom is 0.251 e. The van der Waals surface area contributed by atoms with Crippen molar-refractivity contribution >= 4 is 11.8 Å². The fourth-order valence-electron chi connectivity index (χ4n) is 1.70. The topological polar surface area (TPSA) is 105 Å². The molecule has 0 aliphatic heterocycles. The van der Waals surface area contributed by atoms with Crippen LogP contribution in [0.25, 0.3) is 0 Å². The summed E-state index contributed by atoms with van der Waals surface area (Å²) in [4.78, 5) is 22.5. The number of primary amides is 1. The van der Waals surface area contributed by atoms with Crippen LogP contribution in [-0.4, -0.2) is 18.4 Å². The molecular formula is C16H13N3O3. The fourth-order valence-corrected chi connectivity index (χ4v) is 1.70. The Morgan fingerprint density at radius 2 is 1.86 bits per heavy atom. The van der Waals surface area contributed by atoms with E-state index in [4.69, 9.17) is 15.7 Å². The first kappa shape index (κ1) is 15.1. The lowest BCUT2D eigenvalue weighted by molar-refractivity contribution is -0.117. The van der Waals surface area contributed by atoms with E-state index in [0.717, 1.165) is 0 Å². The normalized spacial score (nSPS) is 9.59. The predicted octanol–water partition coefficient (Wildman–Crippen LogP) is 1.57. The third-order valence-corrected chi connectivity index (χ3v) is 2.74. The van der Waals surface area contributed by atoms with Gasteiger partial charge in [-0.15, -0.1) is 0 Å². The third kappa shape index (κ3) is 4.08. The number of ether oxygens (including phenoxy) is 1. The van der Waals surface area contributed by atoms with Crippen molar-refractivity contribution in [3.05, 3.63) is 59.7 Å². The summed E-state index contributed by atoms with van der Waals surface area (Å²) >= 11 is 0. The van der Waals surface area contributed by atoms with Gasteiger partial charge in [-0.1, -0.05) is 6.07 Å². The first-order valence-corrected chi connectivity index (χ1v) is 6.43. The molecule has 0 unspecified atom stereocenters. The minimum absolute atomic E-state index is 0.223. The van der Waals surface area contributed by atoms with E-state index < -0.39 is 11.8 Å². The van der Waals surface area contributed by atoms with Crippen molar-refractivity contribution in [2.45, 2.75) is 0 Å². The summed E-state index contributed by atoms with van der Waals surface area (Å²) in [5.41, 5.74) is 5.86. The van der Waals surface area contributed by atoms with E-state index >= 15 is 0 Å². The summed E-state index contributed by atoms with van der Waals surface area (Å²) < 4.78 is 5.61. The van der Waals surface area contributed by atoms with Gasteiger partial charge in [-0.25, -0.2) is 0 Å². The van der Waals surface area contributed by atoms with Crippen molar-refractivity contribution in [3.8, 4) is 17.6 Å². The first-order valence-electron chi connectivity index (χ1n) is 6.43. The molecule has 0 radical (unpaired) electrons. The Hall–Kier alpha value is -3.33. The van der Waals surface area contributed by atoms with Gasteiger partial charge >= 0.3 is 0 Å². The predicted molar refractivity (Wildman–Crippen MR) is 79.2 cm³/mol. The summed E-state index contributed by atoms with van der Waals surface area (Å²) in [7, 11) is 0. The Kier molecular flexibility index (Phi) is 4.73. The van der Waals surface area contributed by atoms with E-state index in [1.54, 1.807) is 48.5 Å². The molecule has 0 spiro atoms. The third-order valence-electron chi connectivity index (χ3n) is 2.74. The minimum Gasteiger partial charge on any atom is -0.457 e. The summed E-state index contributed by atoms with van der Waals surface area (Å²) in [6.45, 7) is -0.223. The first-order chi connectivity index (χ1) is 10.6. The quantitative estimate of drug-likeness (QED) is 0.873. The van der Waals surface area contributed by atoms with Gasteiger partial charge in [-0.05, 0) is 42.5 Å². The number of nitrogens with zero attached hydrogens (tertiary/aromatic N) is 1. The summed E-state index contributed by atoms with van der Waals surface area (Å²) in [5.74, 6) is -0.00691. The number of rotatable bonds is 5. The molecule has 2 aromatic rings. The highest BCUT2D eigenvalue weighted by Crippen LogP contribution is 2.22. The van der Waals surface area contributed by atoms with Gasteiger partial charge < -0.3 is 15.8 Å². The molecule has 0 heterocycles. The molecule has 6 heteroatoms. The van der Waals surface area contributed by atoms with Crippen LogP contribution in [0.2, 0.25) is 0 Å². The number of nitrogens with one attached hydrogen (secondary N) is 1. The Morgan fingerprint density at radius 1 is 1.14 bits per heavy atom. The van der Waals surface area contributed by atoms with Gasteiger partial charge in [0.1, 0.15) is 11.5 Å². The molecule has 0 bridgehead atoms. The van der Waals surface area contributed by atoms with Crippen molar-refractivity contribution in [1.82, 2.24) is 5.32 Å². The largest absolute Gasteiger partial charge is 0.457 e. The van der Waals surface area contributed by atoms with E-state index in [1.165, 1.54) is 0 Å². The van der Waals surface area contributed by atoms with Crippen LogP contribution in [0.3, 0.4) is 0 Å². The van der Waals surface area contributed by atoms with Gasteiger partial charge in [0.25, 0.3) is 5.91 Å². The summed E-state index contributed by atoms with van der Waals surface area (Å²) in [5, 5.41) is 11.1. The zero-order chi connectivity index (χ0) is 15.9. The fraction of sp³-hybridized carbons (Fsp3) is 0.0625. The summed E-state index contributed by atoms with van der Waals surface area (Å²) in [6, 6.07) is 15.1. The molecule has 6 nitrogen and oxygen atoms in total. The van der Waals surface area contributed by atoms with Crippen molar-refractivity contribution in [2.75, 3.05) is 6.54 Å². The van der Waals surface area contributed by atoms with Crippen LogP contribution in [0.4, 0.5) is 0 Å². The molecule has 22 heavy (non-hydrogen) atoms. The molecule has 0 aliphatic carbocycles. The second-order valence-corrected chi connectivity index (χ2v) is 4.42. The lowest BCUT2D eigenvalue weighted by atomic mass is 10.2. The van der Waals surface area contributed by atoms with Crippen LogP contribution in [0.5, 0.6) is 11.5 Å². The molecule has 110 valence electrons. The number of amides is 2. The molecule has 0 saturated carbocycles. The van der Waals surface area contributed by atoms with Crippen molar-refractivity contribution in [2.24, 2.45) is 5.73 Å². The Bertz CT molecular complexity index is 733. The smallest absolute Gasteiger partial charge is 0.251 e. The molecule has 3 N–H and O–H groups in total. The number of nitrogens with two attached hydrogens (primary N) is 1. The molecule has 2 rings (SSSR count). The van der Waals surface area contributed by atoms with Crippen LogP contribution in [0.1, 0.15) is 15.9 Å². The average molecular weight is 295 g/mol. The standard InChI is InChI=1S/C16H13N3O3/c17-9-11-4-6-13(7-5-11)22-14-3-1-2-12(8-14)16(21)19-10-15(18)20/h1-8H,10H2,(H2,18,20)(H,19,21). The van der Waals surface area contributed by atoms with Crippen LogP contribution in [0, 0.1) is 11.3 Å². The zero-order valence-electron chi connectivity index (χ0n) is 11.6. The van der Waals surface area contributed by atoms with Gasteiger partial charge in [0.15, 0.2) is 0 Å². The number of carbonyl (C=O) groups is 2. The number of hydrogen-bond acceptors (Lipinski definition) is 4. The molecule has 0 saturated heterocycles. The minimum atomic E-state index is -0.613. The number of nitriles is 1. The Morgan fingerprint density at radius 3 is 2.50 bits per heavy atom. The maximum absolute atomic E-state index is 11.8. The second kappa shape index (κ2) is 6.90. The van der Waals surface area contributed by atoms with Gasteiger partial charge in [0.2, 0.25) is 5.91 Å².